The molecule has 2 heterocycles. The van der Waals surface area contributed by atoms with E-state index >= 15 is 0 Å². The second kappa shape index (κ2) is 7.53. The molecule has 0 spiro atoms. The highest BCUT2D eigenvalue weighted by Gasteiger charge is 2.34. The van der Waals surface area contributed by atoms with E-state index in [0.29, 0.717) is 24.5 Å². The quantitative estimate of drug-likeness (QED) is 0.805. The minimum atomic E-state index is -3.59. The number of likely N-dealkylation sites (tertiary alicyclic amines) is 1. The Labute approximate surface area is 157 Å². The average molecular weight is 391 g/mol. The van der Waals surface area contributed by atoms with Crippen LogP contribution in [0.3, 0.4) is 0 Å². The molecule has 1 aromatic carbocycles. The first-order chi connectivity index (χ1) is 12.8. The van der Waals surface area contributed by atoms with Crippen molar-refractivity contribution in [3.05, 3.63) is 48.4 Å². The molecule has 1 atom stereocenters. The molecule has 9 heteroatoms. The zero-order chi connectivity index (χ0) is 19.6. The van der Waals surface area contributed by atoms with Crippen LogP contribution in [0.25, 0.3) is 0 Å². The molecule has 0 unspecified atom stereocenters. The van der Waals surface area contributed by atoms with Gasteiger partial charge < -0.3 is 14.6 Å². The Hall–Kier alpha value is -2.65. The third-order valence-corrected chi connectivity index (χ3v) is 6.20. The van der Waals surface area contributed by atoms with Gasteiger partial charge in [-0.15, -0.1) is 0 Å². The molecule has 144 valence electrons. The van der Waals surface area contributed by atoms with Crippen LogP contribution in [0.4, 0.5) is 5.69 Å². The number of rotatable bonds is 6. The summed E-state index contributed by atoms with van der Waals surface area (Å²) in [4.78, 5) is 26.3. The van der Waals surface area contributed by atoms with Crippen molar-refractivity contribution in [2.45, 2.75) is 17.9 Å². The predicted octanol–water partition coefficient (Wildman–Crippen LogP) is 1.52. The van der Waals surface area contributed by atoms with Crippen molar-refractivity contribution in [3.63, 3.8) is 0 Å². The molecule has 1 aliphatic rings. The van der Waals surface area contributed by atoms with Gasteiger partial charge in [0.15, 0.2) is 0 Å². The van der Waals surface area contributed by atoms with Crippen molar-refractivity contribution >= 4 is 27.5 Å². The fourth-order valence-electron chi connectivity index (χ4n) is 2.88. The zero-order valence-electron chi connectivity index (χ0n) is 15.1. The molecular formula is C18H21N3O5S. The second-order valence-electron chi connectivity index (χ2n) is 6.56. The fraction of sp³-hybridized carbons (Fsp3) is 0.333. The van der Waals surface area contributed by atoms with Crippen LogP contribution in [0.1, 0.15) is 12.2 Å². The lowest BCUT2D eigenvalue weighted by Crippen LogP contribution is -2.28. The highest BCUT2D eigenvalue weighted by Crippen LogP contribution is 2.23. The van der Waals surface area contributed by atoms with Crippen LogP contribution in [0.5, 0.6) is 0 Å². The normalized spacial score (nSPS) is 17.5. The molecule has 0 radical (unpaired) electrons. The number of anilines is 1. The number of nitrogens with one attached hydrogen (secondary N) is 1. The van der Waals surface area contributed by atoms with Gasteiger partial charge in [0, 0.05) is 32.7 Å². The molecule has 3 rings (SSSR count). The number of furan rings is 1. The fourth-order valence-corrected chi connectivity index (χ4v) is 3.83. The van der Waals surface area contributed by atoms with Crippen LogP contribution < -0.4 is 5.32 Å². The van der Waals surface area contributed by atoms with Gasteiger partial charge in [-0.05, 0) is 30.3 Å². The van der Waals surface area contributed by atoms with Crippen molar-refractivity contribution in [2.75, 3.05) is 26.0 Å². The number of hydrogen-bond acceptors (Lipinski definition) is 5. The number of hydrogen-bond donors (Lipinski definition) is 1. The molecule has 2 amide bonds. The van der Waals surface area contributed by atoms with E-state index in [2.05, 4.69) is 5.32 Å². The lowest BCUT2D eigenvalue weighted by molar-refractivity contribution is -0.128. The third-order valence-electron chi connectivity index (χ3n) is 4.39. The maximum atomic E-state index is 12.5. The zero-order valence-corrected chi connectivity index (χ0v) is 15.9. The van der Waals surface area contributed by atoms with Gasteiger partial charge in [-0.3, -0.25) is 9.59 Å². The lowest BCUT2D eigenvalue weighted by atomic mass is 10.1. The largest absolute Gasteiger partial charge is 0.467 e. The first kappa shape index (κ1) is 19.1. The van der Waals surface area contributed by atoms with E-state index in [9.17, 15) is 18.0 Å². The van der Waals surface area contributed by atoms with E-state index in [1.54, 1.807) is 29.2 Å². The first-order valence-electron chi connectivity index (χ1n) is 8.41. The number of carbonyl (C=O) groups excluding carboxylic acids is 2. The summed E-state index contributed by atoms with van der Waals surface area (Å²) in [5, 5.41) is 2.71. The van der Waals surface area contributed by atoms with Gasteiger partial charge in [-0.2, -0.15) is 0 Å². The minimum absolute atomic E-state index is 0.0900. The molecule has 8 nitrogen and oxygen atoms in total. The maximum Gasteiger partial charge on any atom is 0.242 e. The molecule has 0 bridgehead atoms. The monoisotopic (exact) mass is 391 g/mol. The number of amides is 2. The van der Waals surface area contributed by atoms with Crippen LogP contribution in [0.15, 0.2) is 52.0 Å². The number of benzene rings is 1. The van der Waals surface area contributed by atoms with Crippen LogP contribution in [-0.2, 0) is 26.2 Å². The van der Waals surface area contributed by atoms with Crippen molar-refractivity contribution in [3.8, 4) is 0 Å². The Balaban J connectivity index is 1.67. The average Bonchev–Trinajstić information content (AvgIpc) is 3.25. The van der Waals surface area contributed by atoms with Crippen molar-refractivity contribution < 1.29 is 22.4 Å². The van der Waals surface area contributed by atoms with Gasteiger partial charge in [0.2, 0.25) is 21.8 Å². The molecular weight excluding hydrogens is 370 g/mol. The van der Waals surface area contributed by atoms with E-state index in [-0.39, 0.29) is 23.1 Å². The molecule has 2 aromatic rings. The van der Waals surface area contributed by atoms with Gasteiger partial charge in [0.05, 0.1) is 23.6 Å². The van der Waals surface area contributed by atoms with Gasteiger partial charge in [0.25, 0.3) is 0 Å². The summed E-state index contributed by atoms with van der Waals surface area (Å²) in [7, 11) is -0.706. The molecule has 0 aliphatic carbocycles. The molecule has 1 saturated heterocycles. The Morgan fingerprint density at radius 1 is 1.30 bits per heavy atom. The van der Waals surface area contributed by atoms with Gasteiger partial charge in [-0.25, -0.2) is 12.7 Å². The van der Waals surface area contributed by atoms with E-state index in [1.165, 1.54) is 32.5 Å². The summed E-state index contributed by atoms with van der Waals surface area (Å²) < 4.78 is 30.8. The lowest BCUT2D eigenvalue weighted by Gasteiger charge is -2.15. The SMILES string of the molecule is CN(C)S(=O)(=O)c1cccc(NC(=O)[C@@H]2CC(=O)N(Cc3ccco3)C2)c1. The van der Waals surface area contributed by atoms with Crippen molar-refractivity contribution in [1.82, 2.24) is 9.21 Å². The van der Waals surface area contributed by atoms with E-state index < -0.39 is 15.9 Å². The molecule has 1 aromatic heterocycles. The Kier molecular flexibility index (Phi) is 5.33. The molecule has 27 heavy (non-hydrogen) atoms. The Morgan fingerprint density at radius 2 is 2.07 bits per heavy atom. The van der Waals surface area contributed by atoms with E-state index in [1.807, 2.05) is 0 Å². The predicted molar refractivity (Wildman–Crippen MR) is 98.2 cm³/mol. The summed E-state index contributed by atoms with van der Waals surface area (Å²) in [6.45, 7) is 0.618. The summed E-state index contributed by atoms with van der Waals surface area (Å²) >= 11 is 0. The van der Waals surface area contributed by atoms with Crippen molar-refractivity contribution in [1.29, 1.82) is 0 Å². The summed E-state index contributed by atoms with van der Waals surface area (Å²) in [6.07, 6.45) is 1.65. The smallest absolute Gasteiger partial charge is 0.242 e. The van der Waals surface area contributed by atoms with Crippen LogP contribution in [-0.4, -0.2) is 50.1 Å². The van der Waals surface area contributed by atoms with Crippen molar-refractivity contribution in [2.24, 2.45) is 5.92 Å². The second-order valence-corrected chi connectivity index (χ2v) is 8.71. The van der Waals surface area contributed by atoms with Gasteiger partial charge in [-0.1, -0.05) is 6.07 Å². The topological polar surface area (TPSA) is 99.9 Å². The van der Waals surface area contributed by atoms with Gasteiger partial charge >= 0.3 is 0 Å². The Morgan fingerprint density at radius 3 is 2.74 bits per heavy atom. The highest BCUT2D eigenvalue weighted by molar-refractivity contribution is 7.89. The molecule has 1 aliphatic heterocycles. The van der Waals surface area contributed by atoms with Crippen LogP contribution >= 0.6 is 0 Å². The first-order valence-corrected chi connectivity index (χ1v) is 9.85. The molecule has 1 fully saturated rings. The minimum Gasteiger partial charge on any atom is -0.467 e. The van der Waals surface area contributed by atoms with Crippen LogP contribution in [0, 0.1) is 5.92 Å². The third kappa shape index (κ3) is 4.20. The number of nitrogens with zero attached hydrogens (tertiary/aromatic N) is 2. The summed E-state index contributed by atoms with van der Waals surface area (Å²) in [5.74, 6) is -0.271. The van der Waals surface area contributed by atoms with Crippen LogP contribution in [0.2, 0.25) is 0 Å². The van der Waals surface area contributed by atoms with E-state index in [4.69, 9.17) is 4.42 Å². The highest BCUT2D eigenvalue weighted by atomic mass is 32.2. The van der Waals surface area contributed by atoms with Gasteiger partial charge in [0.1, 0.15) is 5.76 Å². The summed E-state index contributed by atoms with van der Waals surface area (Å²) in [5.41, 5.74) is 0.375. The number of carbonyl (C=O) groups is 2. The van der Waals surface area contributed by atoms with E-state index in [0.717, 1.165) is 4.31 Å². The maximum absolute atomic E-state index is 12.5. The standard InChI is InChI=1S/C18H21N3O5S/c1-20(2)27(24,25)16-7-3-5-14(10-16)19-18(23)13-9-17(22)21(11-13)12-15-6-4-8-26-15/h3-8,10,13H,9,11-12H2,1-2H3,(H,19,23)/t13-/m1/s1. The molecule has 0 saturated carbocycles. The summed E-state index contributed by atoms with van der Waals surface area (Å²) in [6, 6.07) is 9.57. The molecule has 1 N–H and O–H groups in total. The number of sulfonamides is 1. The Bertz CT molecular complexity index is 938.